The van der Waals surface area contributed by atoms with E-state index < -0.39 is 10.0 Å². The van der Waals surface area contributed by atoms with Gasteiger partial charge in [-0.25, -0.2) is 12.7 Å². The summed E-state index contributed by atoms with van der Waals surface area (Å²) in [6, 6.07) is 7.29. The predicted octanol–water partition coefficient (Wildman–Crippen LogP) is 3.05. The Morgan fingerprint density at radius 3 is 2.00 bits per heavy atom. The fourth-order valence-corrected chi connectivity index (χ4v) is 3.48. The monoisotopic (exact) mass is 326 g/mol. The second-order valence-electron chi connectivity index (χ2n) is 6.92. The smallest absolute Gasteiger partial charge is 0.242 e. The predicted molar refractivity (Wildman–Crippen MR) is 92.3 cm³/mol. The lowest BCUT2D eigenvalue weighted by Gasteiger charge is -2.26. The summed E-state index contributed by atoms with van der Waals surface area (Å²) < 4.78 is 25.7. The molecule has 0 aliphatic carbocycles. The van der Waals surface area contributed by atoms with E-state index in [2.05, 4.69) is 32.6 Å². The third-order valence-electron chi connectivity index (χ3n) is 3.33. The van der Waals surface area contributed by atoms with E-state index in [1.165, 1.54) is 4.31 Å². The molecular weight excluding hydrogens is 296 g/mol. The number of hydrogen-bond donors (Lipinski definition) is 0. The topological polar surface area (TPSA) is 40.6 Å². The van der Waals surface area contributed by atoms with Crippen LogP contribution in [-0.2, 0) is 16.6 Å². The molecule has 1 aromatic rings. The third kappa shape index (κ3) is 5.71. The molecule has 0 heterocycles. The Morgan fingerprint density at radius 1 is 1.00 bits per heavy atom. The molecule has 0 bridgehead atoms. The highest BCUT2D eigenvalue weighted by atomic mass is 32.2. The summed E-state index contributed by atoms with van der Waals surface area (Å²) in [5, 5.41) is 0. The maximum absolute atomic E-state index is 12.2. The Morgan fingerprint density at radius 2 is 1.55 bits per heavy atom. The van der Waals surface area contributed by atoms with Crippen molar-refractivity contribution in [2.45, 2.75) is 39.1 Å². The van der Waals surface area contributed by atoms with Crippen LogP contribution in [0.5, 0.6) is 0 Å². The molecule has 0 spiro atoms. The van der Waals surface area contributed by atoms with Gasteiger partial charge in [0, 0.05) is 33.7 Å². The fraction of sp³-hybridized carbons (Fsp3) is 0.647. The van der Waals surface area contributed by atoms with Crippen LogP contribution in [0.25, 0.3) is 0 Å². The molecule has 0 unspecified atom stereocenters. The van der Waals surface area contributed by atoms with E-state index in [0.717, 1.165) is 25.2 Å². The summed E-state index contributed by atoms with van der Waals surface area (Å²) in [4.78, 5) is 2.76. The molecule has 0 radical (unpaired) electrons. The van der Waals surface area contributed by atoms with Gasteiger partial charge in [-0.3, -0.25) is 4.90 Å². The first-order valence-corrected chi connectivity index (χ1v) is 9.30. The first-order valence-electron chi connectivity index (χ1n) is 7.86. The second kappa shape index (κ2) is 8.09. The van der Waals surface area contributed by atoms with Crippen molar-refractivity contribution < 1.29 is 8.42 Å². The van der Waals surface area contributed by atoms with Gasteiger partial charge in [0.05, 0.1) is 4.90 Å². The van der Waals surface area contributed by atoms with Crippen LogP contribution in [0.4, 0.5) is 0 Å². The van der Waals surface area contributed by atoms with E-state index in [9.17, 15) is 8.42 Å². The Hall–Kier alpha value is -0.910. The molecule has 22 heavy (non-hydrogen) atoms. The van der Waals surface area contributed by atoms with Gasteiger partial charge in [-0.2, -0.15) is 0 Å². The van der Waals surface area contributed by atoms with Crippen molar-refractivity contribution in [3.05, 3.63) is 29.8 Å². The minimum absolute atomic E-state index is 0.365. The van der Waals surface area contributed by atoms with Gasteiger partial charge in [0.1, 0.15) is 0 Å². The zero-order chi connectivity index (χ0) is 16.9. The zero-order valence-corrected chi connectivity index (χ0v) is 15.5. The van der Waals surface area contributed by atoms with Crippen molar-refractivity contribution in [3.8, 4) is 0 Å². The van der Waals surface area contributed by atoms with E-state index in [-0.39, 0.29) is 0 Å². The van der Waals surface area contributed by atoms with Crippen LogP contribution in [0.2, 0.25) is 0 Å². The van der Waals surface area contributed by atoms with Crippen LogP contribution in [0, 0.1) is 11.8 Å². The van der Waals surface area contributed by atoms with Crippen molar-refractivity contribution >= 4 is 10.0 Å². The van der Waals surface area contributed by atoms with E-state index in [1.54, 1.807) is 26.2 Å². The summed E-state index contributed by atoms with van der Waals surface area (Å²) in [5.74, 6) is 1.18. The van der Waals surface area contributed by atoms with Crippen LogP contribution in [0.3, 0.4) is 0 Å². The quantitative estimate of drug-likeness (QED) is 0.737. The summed E-state index contributed by atoms with van der Waals surface area (Å²) >= 11 is 0. The van der Waals surface area contributed by atoms with Crippen molar-refractivity contribution in [1.82, 2.24) is 9.21 Å². The standard InChI is InChI=1S/C17H30N2O2S/c1-14(2)11-19(12-15(3)4)13-16-8-7-9-17(10-16)22(20,21)18(5)6/h7-10,14-15H,11-13H2,1-6H3. The lowest BCUT2D eigenvalue weighted by molar-refractivity contribution is 0.211. The number of benzene rings is 1. The van der Waals surface area contributed by atoms with E-state index in [4.69, 9.17) is 0 Å². The minimum Gasteiger partial charge on any atom is -0.299 e. The number of sulfonamides is 1. The molecule has 126 valence electrons. The molecular formula is C17H30N2O2S. The third-order valence-corrected chi connectivity index (χ3v) is 5.14. The zero-order valence-electron chi connectivity index (χ0n) is 14.7. The Bertz CT molecular complexity index is 556. The van der Waals surface area contributed by atoms with E-state index in [1.807, 2.05) is 12.1 Å². The average molecular weight is 327 g/mol. The van der Waals surface area contributed by atoms with Gasteiger partial charge < -0.3 is 0 Å². The number of nitrogens with zero attached hydrogens (tertiary/aromatic N) is 2. The largest absolute Gasteiger partial charge is 0.299 e. The van der Waals surface area contributed by atoms with Gasteiger partial charge in [-0.15, -0.1) is 0 Å². The maximum Gasteiger partial charge on any atom is 0.242 e. The molecule has 0 amide bonds. The van der Waals surface area contributed by atoms with Crippen LogP contribution in [0.15, 0.2) is 29.2 Å². The lowest BCUT2D eigenvalue weighted by atomic mass is 10.1. The SMILES string of the molecule is CC(C)CN(Cc1cccc(S(=O)(=O)N(C)C)c1)CC(C)C. The highest BCUT2D eigenvalue weighted by molar-refractivity contribution is 7.89. The van der Waals surface area contributed by atoms with Crippen LogP contribution in [-0.4, -0.2) is 44.8 Å². The maximum atomic E-state index is 12.2. The molecule has 1 rings (SSSR count). The molecule has 0 aromatic heterocycles. The van der Waals surface area contributed by atoms with Crippen molar-refractivity contribution in [2.75, 3.05) is 27.2 Å². The molecule has 0 saturated heterocycles. The lowest BCUT2D eigenvalue weighted by Crippen LogP contribution is -2.31. The minimum atomic E-state index is -3.37. The van der Waals surface area contributed by atoms with Gasteiger partial charge in [-0.05, 0) is 29.5 Å². The first-order chi connectivity index (χ1) is 10.1. The van der Waals surface area contributed by atoms with Gasteiger partial charge in [0.2, 0.25) is 10.0 Å². The van der Waals surface area contributed by atoms with Gasteiger partial charge in [0.25, 0.3) is 0 Å². The second-order valence-corrected chi connectivity index (χ2v) is 9.07. The van der Waals surface area contributed by atoms with E-state index >= 15 is 0 Å². The average Bonchev–Trinajstić information content (AvgIpc) is 2.37. The van der Waals surface area contributed by atoms with Gasteiger partial charge >= 0.3 is 0 Å². The molecule has 0 saturated carbocycles. The summed E-state index contributed by atoms with van der Waals surface area (Å²) in [6.07, 6.45) is 0. The Balaban J connectivity index is 2.96. The molecule has 0 aliphatic heterocycles. The highest BCUT2D eigenvalue weighted by Crippen LogP contribution is 2.17. The van der Waals surface area contributed by atoms with Crippen LogP contribution >= 0.6 is 0 Å². The molecule has 5 heteroatoms. The van der Waals surface area contributed by atoms with Crippen LogP contribution < -0.4 is 0 Å². The Labute approximate surface area is 136 Å². The first kappa shape index (κ1) is 19.1. The summed E-state index contributed by atoms with van der Waals surface area (Å²) in [5.41, 5.74) is 1.05. The van der Waals surface area contributed by atoms with Gasteiger partial charge in [0.15, 0.2) is 0 Å². The fourth-order valence-electron chi connectivity index (χ4n) is 2.51. The van der Waals surface area contributed by atoms with E-state index in [0.29, 0.717) is 16.7 Å². The number of hydrogen-bond acceptors (Lipinski definition) is 3. The molecule has 0 aliphatic rings. The van der Waals surface area contributed by atoms with Crippen molar-refractivity contribution in [2.24, 2.45) is 11.8 Å². The van der Waals surface area contributed by atoms with Crippen LogP contribution in [0.1, 0.15) is 33.3 Å². The van der Waals surface area contributed by atoms with Crippen molar-refractivity contribution in [1.29, 1.82) is 0 Å². The summed E-state index contributed by atoms with van der Waals surface area (Å²) in [6.45, 7) is 11.7. The molecule has 0 N–H and O–H groups in total. The Kier molecular flexibility index (Phi) is 7.03. The van der Waals surface area contributed by atoms with Crippen molar-refractivity contribution in [3.63, 3.8) is 0 Å². The summed E-state index contributed by atoms with van der Waals surface area (Å²) in [7, 11) is -0.244. The number of rotatable bonds is 8. The molecule has 4 nitrogen and oxygen atoms in total. The molecule has 0 fully saturated rings. The normalized spacial score (nSPS) is 12.8. The highest BCUT2D eigenvalue weighted by Gasteiger charge is 2.18. The van der Waals surface area contributed by atoms with Gasteiger partial charge in [-0.1, -0.05) is 39.8 Å². The molecule has 1 aromatic carbocycles. The molecule has 0 atom stereocenters.